The Morgan fingerprint density at radius 2 is 0.706 bits per heavy atom. The number of benzene rings is 12. The average Bonchev–Trinajstić information content (AvgIpc) is 1.66. The summed E-state index contributed by atoms with van der Waals surface area (Å²) in [5.41, 5.74) is 22.7. The molecule has 0 amide bonds. The summed E-state index contributed by atoms with van der Waals surface area (Å²) in [6.07, 6.45) is 0.908. The quantitative estimate of drug-likeness (QED) is 0.0335. The van der Waals surface area contributed by atoms with Gasteiger partial charge in [0.25, 0.3) is 0 Å². The highest BCUT2D eigenvalue weighted by molar-refractivity contribution is 7.60. The molecule has 12 aromatic carbocycles. The molecule has 4 heterocycles. The SMILES string of the molecule is COc1ccc(-c2nc(-c3cc(C)c(O)c(C)c3)[nH]c2-c2ccc(OC)cc2)cc1.Cc1cc(-c2nc(-c3ccccc3)c(-c3ccccc3)[nH]2)cc(C)c1O.Cc1cc(C)c(O)c(-c2nc(-c3ccc(N(C)C)cc3)c(CCc3ccccc3P(=O)(O)O)[nH]2)c1.O=P(O)(O)c1ccccc1-c1[nH]c(-c2ccc(O)cc2)nc1-c1ccccc1. The van der Waals surface area contributed by atoms with Crippen LogP contribution >= 0.6 is 15.2 Å². The van der Waals surface area contributed by atoms with Crippen molar-refractivity contribution < 1.29 is 58.6 Å². The largest absolute Gasteiger partial charge is 0.508 e. The second-order valence-corrected chi connectivity index (χ2v) is 32.2. The van der Waals surface area contributed by atoms with Crippen molar-refractivity contribution in [3.63, 3.8) is 0 Å². The van der Waals surface area contributed by atoms with Crippen LogP contribution in [0.1, 0.15) is 44.6 Å². The Morgan fingerprint density at radius 3 is 1.18 bits per heavy atom. The van der Waals surface area contributed by atoms with Crippen LogP contribution in [0.5, 0.6) is 34.5 Å². The topological polar surface area (TPSA) is 332 Å². The fourth-order valence-corrected chi connectivity index (χ4v) is 15.7. The van der Waals surface area contributed by atoms with Gasteiger partial charge in [0.15, 0.2) is 0 Å². The van der Waals surface area contributed by atoms with Gasteiger partial charge >= 0.3 is 15.2 Å². The van der Waals surface area contributed by atoms with Crippen molar-refractivity contribution in [2.75, 3.05) is 33.2 Å². The lowest BCUT2D eigenvalue weighted by Gasteiger charge is -2.13. The van der Waals surface area contributed by atoms with Crippen LogP contribution in [0.4, 0.5) is 5.69 Å². The van der Waals surface area contributed by atoms with Crippen LogP contribution in [0.15, 0.2) is 273 Å². The summed E-state index contributed by atoms with van der Waals surface area (Å²) in [5.74, 6) is 5.21. The van der Waals surface area contributed by atoms with Crippen LogP contribution in [0.25, 0.3) is 124 Å². The molecule has 602 valence electrons. The summed E-state index contributed by atoms with van der Waals surface area (Å²) in [6, 6.07) is 84.8. The third-order valence-corrected chi connectivity index (χ3v) is 22.3. The normalized spacial score (nSPS) is 11.2. The number of rotatable bonds is 19. The first kappa shape index (κ1) is 83.3. The van der Waals surface area contributed by atoms with E-state index in [1.165, 1.54) is 12.1 Å². The maximum Gasteiger partial charge on any atom is 0.356 e. The molecule has 0 bridgehead atoms. The molecule has 12 N–H and O–H groups in total. The van der Waals surface area contributed by atoms with E-state index in [1.54, 1.807) is 74.9 Å². The van der Waals surface area contributed by atoms with E-state index >= 15 is 0 Å². The third kappa shape index (κ3) is 19.4. The van der Waals surface area contributed by atoms with Crippen molar-refractivity contribution in [1.29, 1.82) is 0 Å². The smallest absolute Gasteiger partial charge is 0.356 e. The van der Waals surface area contributed by atoms with Gasteiger partial charge in [-0.15, -0.1) is 0 Å². The standard InChI is InChI=1S/C27H30N3O4P.C25H24N2O3.C23H20N2O.C21H17N2O4P/c1-17-15-18(2)26(31)22(16-17)27-28-23(14-11-19-7-5-6-8-24(19)35(32,33)34)25(29-27)20-9-12-21(13-10-20)30(3)4;1-15-13-19(14-16(2)24(15)28)25-26-22(17-5-9-20(29-3)10-6-17)23(27-25)18-7-11-21(30-4)12-8-18;1-15-13-19(14-16(2)22(15)26)23-24-20(17-9-5-3-6-10-17)21(25-23)18-11-7-4-8-12-18;24-16-12-10-15(11-13-16)21-22-19(14-6-2-1-3-7-14)20(23-21)17-8-4-5-9-18(17)28(25,26)27/h5-10,12-13,15-16,31H,11,14H2,1-4H3,(H,28,29)(H2,32,33,34);5-14,28H,1-4H3,(H,26,27);3-14,26H,1-2H3,(H,24,25);1-13,24H,(H,22,23)(H2,25,26,27). The number of nitrogens with zero attached hydrogens (tertiary/aromatic N) is 5. The Balaban J connectivity index is 0.000000138. The highest BCUT2D eigenvalue weighted by atomic mass is 31.2. The number of phenolic OH excluding ortho intramolecular Hbond substituents is 4. The number of anilines is 1. The first-order valence-corrected chi connectivity index (χ1v) is 41.5. The number of aromatic hydroxyl groups is 4. The van der Waals surface area contributed by atoms with E-state index in [2.05, 4.69) is 49.2 Å². The van der Waals surface area contributed by atoms with Gasteiger partial charge in [0.1, 0.15) is 57.8 Å². The fourth-order valence-electron chi connectivity index (χ4n) is 14.1. The Bertz CT molecular complexity index is 6170. The van der Waals surface area contributed by atoms with Gasteiger partial charge in [-0.2, -0.15) is 0 Å². The molecule has 0 radical (unpaired) electrons. The van der Waals surface area contributed by atoms with Gasteiger partial charge < -0.3 is 74.3 Å². The zero-order chi connectivity index (χ0) is 84.4. The first-order chi connectivity index (χ1) is 57.1. The number of aryl methyl sites for hydroxylation is 8. The molecule has 0 aliphatic carbocycles. The van der Waals surface area contributed by atoms with Crippen molar-refractivity contribution in [1.82, 2.24) is 39.9 Å². The molecule has 16 rings (SSSR count). The third-order valence-electron chi connectivity index (χ3n) is 20.3. The molecule has 0 saturated carbocycles. The summed E-state index contributed by atoms with van der Waals surface area (Å²) in [6.45, 7) is 11.4. The molecular formula is C96H91N9O12P2. The highest BCUT2D eigenvalue weighted by Gasteiger charge is 2.28. The second-order valence-electron chi connectivity index (χ2n) is 29.0. The van der Waals surface area contributed by atoms with E-state index in [4.69, 9.17) is 24.4 Å². The molecule has 4 aromatic heterocycles. The van der Waals surface area contributed by atoms with Gasteiger partial charge in [-0.05, 0) is 221 Å². The van der Waals surface area contributed by atoms with Gasteiger partial charge in [-0.3, -0.25) is 9.13 Å². The molecule has 119 heavy (non-hydrogen) atoms. The Morgan fingerprint density at radius 1 is 0.336 bits per heavy atom. The van der Waals surface area contributed by atoms with Crippen LogP contribution in [0.2, 0.25) is 0 Å². The van der Waals surface area contributed by atoms with Crippen LogP contribution in [0, 0.1) is 41.5 Å². The van der Waals surface area contributed by atoms with Gasteiger partial charge in [0, 0.05) is 81.1 Å². The molecule has 0 fully saturated rings. The number of aromatic nitrogens is 8. The average molecular weight is 1620 g/mol. The van der Waals surface area contributed by atoms with E-state index in [-0.39, 0.29) is 22.1 Å². The summed E-state index contributed by atoms with van der Waals surface area (Å²) in [7, 11) is -1.60. The van der Waals surface area contributed by atoms with Crippen molar-refractivity contribution in [2.24, 2.45) is 0 Å². The summed E-state index contributed by atoms with van der Waals surface area (Å²) in [5, 5.41) is 40.4. The number of aromatic amines is 4. The monoisotopic (exact) mass is 1620 g/mol. The van der Waals surface area contributed by atoms with Gasteiger partial charge in [0.2, 0.25) is 0 Å². The van der Waals surface area contributed by atoms with E-state index in [0.29, 0.717) is 64.1 Å². The number of H-pyrrole nitrogens is 4. The number of imidazole rings is 4. The van der Waals surface area contributed by atoms with Crippen LogP contribution < -0.4 is 25.0 Å². The fraction of sp³-hybridized carbons (Fsp3) is 0.125. The minimum atomic E-state index is -4.48. The van der Waals surface area contributed by atoms with Crippen LogP contribution in [-0.4, -0.2) is 108 Å². The number of phenols is 4. The maximum absolute atomic E-state index is 12.0. The zero-order valence-corrected chi connectivity index (χ0v) is 69.0. The Kier molecular flexibility index (Phi) is 25.4. The number of hydrogen-bond donors (Lipinski definition) is 12. The molecule has 23 heteroatoms. The van der Waals surface area contributed by atoms with Gasteiger partial charge in [-0.25, -0.2) is 19.9 Å². The van der Waals surface area contributed by atoms with Gasteiger partial charge in [0.05, 0.1) is 70.2 Å². The van der Waals surface area contributed by atoms with Crippen molar-refractivity contribution in [3.05, 3.63) is 318 Å². The number of hydrogen-bond acceptors (Lipinski definition) is 13. The summed E-state index contributed by atoms with van der Waals surface area (Å²) in [4.78, 5) is 74.1. The lowest BCUT2D eigenvalue weighted by Crippen LogP contribution is -2.11. The maximum atomic E-state index is 12.0. The Hall–Kier alpha value is -13.6. The van der Waals surface area contributed by atoms with E-state index in [9.17, 15) is 49.1 Å². The van der Waals surface area contributed by atoms with Crippen molar-refractivity contribution in [2.45, 2.75) is 54.4 Å². The highest BCUT2D eigenvalue weighted by Crippen LogP contribution is 2.44. The molecule has 0 saturated heterocycles. The number of ether oxygens (including phenoxy) is 2. The van der Waals surface area contributed by atoms with E-state index in [0.717, 1.165) is 146 Å². The molecule has 0 spiro atoms. The molecule has 0 atom stereocenters. The number of methoxy groups -OCH3 is 2. The number of nitrogens with one attached hydrogen (secondary N) is 4. The zero-order valence-electron chi connectivity index (χ0n) is 67.2. The second kappa shape index (κ2) is 36.3. The summed E-state index contributed by atoms with van der Waals surface area (Å²) < 4.78 is 34.6. The molecular weight excluding hydrogens is 1530 g/mol. The molecule has 0 aliphatic rings. The van der Waals surface area contributed by atoms with Crippen molar-refractivity contribution in [3.8, 4) is 159 Å². The van der Waals surface area contributed by atoms with Crippen LogP contribution in [0.3, 0.4) is 0 Å². The molecule has 0 aliphatic heterocycles. The predicted octanol–water partition coefficient (Wildman–Crippen LogP) is 20.1. The minimum Gasteiger partial charge on any atom is -0.508 e. The van der Waals surface area contributed by atoms with Gasteiger partial charge in [-0.1, -0.05) is 146 Å². The lowest BCUT2D eigenvalue weighted by molar-refractivity contribution is 0.385. The Labute approximate surface area is 690 Å². The van der Waals surface area contributed by atoms with E-state index in [1.807, 2.05) is 236 Å². The molecule has 0 unspecified atom stereocenters. The molecule has 16 aromatic rings. The van der Waals surface area contributed by atoms with E-state index < -0.39 is 15.2 Å². The van der Waals surface area contributed by atoms with Crippen LogP contribution in [-0.2, 0) is 22.0 Å². The minimum absolute atomic E-state index is 0.0450. The molecule has 21 nitrogen and oxygen atoms in total. The predicted molar refractivity (Wildman–Crippen MR) is 474 cm³/mol. The first-order valence-electron chi connectivity index (χ1n) is 38.2. The lowest BCUT2D eigenvalue weighted by atomic mass is 10.0. The summed E-state index contributed by atoms with van der Waals surface area (Å²) >= 11 is 0. The van der Waals surface area contributed by atoms with Crippen molar-refractivity contribution >= 4 is 31.5 Å².